The maximum Gasteiger partial charge on any atom is 0.530 e. The van der Waals surface area contributed by atoms with E-state index in [1.807, 2.05) is 60.7 Å². The summed E-state index contributed by atoms with van der Waals surface area (Å²) >= 11 is 12.5. The quantitative estimate of drug-likeness (QED) is 0.0233. The molecule has 0 spiro atoms. The van der Waals surface area contributed by atoms with Gasteiger partial charge in [0.05, 0.1) is 52.9 Å². The number of aromatic nitrogens is 6. The first kappa shape index (κ1) is 68.3. The largest absolute Gasteiger partial charge is 0.530 e. The lowest BCUT2D eigenvalue weighted by molar-refractivity contribution is -0.119. The fraction of sp³-hybridized carbons (Fsp3) is 0.273. The summed E-state index contributed by atoms with van der Waals surface area (Å²) in [5.74, 6) is -0.589. The van der Waals surface area contributed by atoms with Crippen LogP contribution in [0.3, 0.4) is 0 Å². The zero-order valence-electron chi connectivity index (χ0n) is 51.8. The number of hydrogen-bond acceptors (Lipinski definition) is 21. The molecule has 8 unspecified atom stereocenters. The molecule has 3 aromatic heterocycles. The van der Waals surface area contributed by atoms with Crippen LogP contribution in [0.5, 0.6) is 23.0 Å². The van der Waals surface area contributed by atoms with Crippen molar-refractivity contribution in [1.29, 1.82) is 5.26 Å². The van der Waals surface area contributed by atoms with Crippen molar-refractivity contribution in [2.45, 2.75) is 75.6 Å². The molecule has 2 fully saturated rings. The van der Waals surface area contributed by atoms with E-state index < -0.39 is 100 Å². The average molecular weight is 1390 g/mol. The van der Waals surface area contributed by atoms with Crippen molar-refractivity contribution in [2.75, 3.05) is 44.7 Å². The molecule has 2 aliphatic rings. The first-order valence-electron chi connectivity index (χ1n) is 30.0. The minimum atomic E-state index is -5.14. The third-order valence-electron chi connectivity index (χ3n) is 15.4. The molecule has 0 aliphatic carbocycles. The summed E-state index contributed by atoms with van der Waals surface area (Å²) in [5.41, 5.74) is -0.807. The van der Waals surface area contributed by atoms with Crippen LogP contribution in [0.15, 0.2) is 186 Å². The topological polar surface area (TPSA) is 316 Å². The van der Waals surface area contributed by atoms with E-state index in [1.54, 1.807) is 82.7 Å². The highest BCUT2D eigenvalue weighted by Crippen LogP contribution is 2.57. The van der Waals surface area contributed by atoms with Crippen molar-refractivity contribution in [3.8, 4) is 29.1 Å². The Bertz CT molecular complexity index is 4410. The second kappa shape index (κ2) is 30.3. The molecule has 2 saturated heterocycles. The van der Waals surface area contributed by atoms with Gasteiger partial charge < -0.3 is 38.0 Å². The van der Waals surface area contributed by atoms with Crippen LogP contribution in [-0.4, -0.2) is 99.3 Å². The van der Waals surface area contributed by atoms with Gasteiger partial charge in [-0.15, -0.1) is 0 Å². The second-order valence-corrected chi connectivity index (χ2v) is 26.0. The summed E-state index contributed by atoms with van der Waals surface area (Å²) in [5, 5.41) is 15.4. The average Bonchev–Trinajstić information content (AvgIpc) is 1.01. The predicted molar refractivity (Wildman–Crippen MR) is 351 cm³/mol. The maximum atomic E-state index is 16.2. The Hall–Kier alpha value is -9.06. The van der Waals surface area contributed by atoms with Gasteiger partial charge in [0, 0.05) is 40.6 Å². The number of nitriles is 1. The van der Waals surface area contributed by atoms with E-state index in [1.165, 1.54) is 71.7 Å². The molecular weight excluding hydrogens is 1320 g/mol. The molecule has 2 aliphatic heterocycles. The summed E-state index contributed by atoms with van der Waals surface area (Å²) < 4.78 is 103. The number of benzene rings is 6. The molecule has 0 bridgehead atoms. The number of nitrogens with one attached hydrogen (secondary N) is 3. The fourth-order valence-corrected chi connectivity index (χ4v) is 13.7. The van der Waals surface area contributed by atoms with E-state index >= 15 is 4.57 Å². The van der Waals surface area contributed by atoms with Gasteiger partial charge in [-0.1, -0.05) is 110 Å². The van der Waals surface area contributed by atoms with Gasteiger partial charge in [0.2, 0.25) is 11.9 Å². The second-order valence-electron chi connectivity index (χ2n) is 22.1. The number of H-pyrrole nitrogens is 1. The number of imidazole rings is 1. The van der Waals surface area contributed by atoms with Crippen LogP contribution >= 0.6 is 38.8 Å². The standard InChI is InChI=1S/C66H63Cl2N9O17P2/c1-41(2)61(78)74-64-73-60-59(63(80)75-64)70-40-77(60)58-37-52(54(89-58)38-86-66(43-14-9-6-10-15-43,44-16-24-48(84-3)25-17-44)45-18-26-49(85-4)27-19-45)94-96(83,92-51-30-22-47(68)23-31-51)88-39-55-53(93-95(82,87-35-11-33-69)91-50-28-20-46(67)21-29-50)36-57(90-55)76-34-32-56(72-65(76)81)71-62(79)42-12-7-5-8-13-42/h5-10,12-32,34,40-41,52-55,57-58H,11,35-39H2,1-4H3,(H,71,72,79,81)(H2,73,74,75,78,80). The number of carbonyl (C=O) groups is 2. The number of nitrogens with zero attached hydrogens (tertiary/aromatic N) is 6. The van der Waals surface area contributed by atoms with E-state index in [4.69, 9.17) is 74.0 Å². The number of aromatic amines is 1. The van der Waals surface area contributed by atoms with Crippen molar-refractivity contribution in [3.05, 3.63) is 229 Å². The number of halogens is 2. The highest BCUT2D eigenvalue weighted by molar-refractivity contribution is 7.49. The zero-order valence-corrected chi connectivity index (χ0v) is 55.1. The number of methoxy groups -OCH3 is 2. The van der Waals surface area contributed by atoms with Crippen LogP contribution in [0, 0.1) is 17.2 Å². The van der Waals surface area contributed by atoms with Crippen molar-refractivity contribution in [3.63, 3.8) is 0 Å². The van der Waals surface area contributed by atoms with E-state index in [9.17, 15) is 29.0 Å². The van der Waals surface area contributed by atoms with Gasteiger partial charge in [-0.3, -0.25) is 51.9 Å². The van der Waals surface area contributed by atoms with Gasteiger partial charge in [-0.05, 0) is 108 Å². The van der Waals surface area contributed by atoms with Crippen molar-refractivity contribution in [1.82, 2.24) is 29.1 Å². The lowest BCUT2D eigenvalue weighted by Gasteiger charge is -2.37. The number of amides is 2. The first-order chi connectivity index (χ1) is 46.3. The number of fused-ring (bicyclic) bond motifs is 1. The number of phosphoric acid groups is 2. The van der Waals surface area contributed by atoms with Crippen molar-refractivity contribution in [2.24, 2.45) is 5.92 Å². The Morgan fingerprint density at radius 2 is 1.20 bits per heavy atom. The fourth-order valence-electron chi connectivity index (χ4n) is 10.6. The predicted octanol–water partition coefficient (Wildman–Crippen LogP) is 12.2. The molecule has 9 aromatic rings. The molecule has 5 heterocycles. The summed E-state index contributed by atoms with van der Waals surface area (Å²) in [6, 6.07) is 47.2. The number of carbonyl (C=O) groups excluding carboxylic acids is 2. The minimum Gasteiger partial charge on any atom is -0.497 e. The zero-order chi connectivity index (χ0) is 67.6. The Morgan fingerprint density at radius 1 is 0.677 bits per heavy atom. The van der Waals surface area contributed by atoms with Gasteiger partial charge in [0.1, 0.15) is 71.3 Å². The van der Waals surface area contributed by atoms with Gasteiger partial charge in [-0.2, -0.15) is 15.2 Å². The number of hydrogen-bond donors (Lipinski definition) is 3. The van der Waals surface area contributed by atoms with Crippen LogP contribution in [0.1, 0.15) is 72.6 Å². The van der Waals surface area contributed by atoms with Crippen LogP contribution in [0.2, 0.25) is 10.0 Å². The first-order valence-corrected chi connectivity index (χ1v) is 33.7. The minimum absolute atomic E-state index is 0.0000160. The van der Waals surface area contributed by atoms with Crippen molar-refractivity contribution < 1.29 is 69.5 Å². The molecular formula is C66H63Cl2N9O17P2. The van der Waals surface area contributed by atoms with Crippen LogP contribution in [-0.2, 0) is 51.8 Å². The van der Waals surface area contributed by atoms with Gasteiger partial charge >= 0.3 is 21.3 Å². The van der Waals surface area contributed by atoms with Gasteiger partial charge in [-0.25, -0.2) is 18.9 Å². The van der Waals surface area contributed by atoms with Gasteiger partial charge in [0.25, 0.3) is 11.5 Å². The molecule has 3 N–H and O–H groups in total. The summed E-state index contributed by atoms with van der Waals surface area (Å²) in [7, 11) is -6.83. The maximum absolute atomic E-state index is 16.2. The lowest BCUT2D eigenvalue weighted by atomic mass is 9.80. The molecule has 8 atom stereocenters. The molecule has 26 nitrogen and oxygen atoms in total. The smallest absolute Gasteiger partial charge is 0.497 e. The number of phosphoric ester groups is 2. The monoisotopic (exact) mass is 1390 g/mol. The molecule has 498 valence electrons. The van der Waals surface area contributed by atoms with E-state index in [2.05, 4.69) is 30.6 Å². The third kappa shape index (κ3) is 16.1. The Morgan fingerprint density at radius 3 is 1.74 bits per heavy atom. The highest BCUT2D eigenvalue weighted by Gasteiger charge is 2.50. The Kier molecular flexibility index (Phi) is 21.6. The molecule has 2 amide bonds. The Balaban J connectivity index is 0.976. The summed E-state index contributed by atoms with van der Waals surface area (Å²) in [6.07, 6.45) is -5.96. The normalized spacial score (nSPS) is 19.0. The molecule has 11 rings (SSSR count). The summed E-state index contributed by atoms with van der Waals surface area (Å²) in [6.45, 7) is 1.81. The van der Waals surface area contributed by atoms with Gasteiger partial charge in [0.15, 0.2) is 11.2 Å². The van der Waals surface area contributed by atoms with Crippen LogP contribution in [0.4, 0.5) is 11.8 Å². The molecule has 6 aromatic carbocycles. The van der Waals surface area contributed by atoms with E-state index in [-0.39, 0.29) is 60.3 Å². The van der Waals surface area contributed by atoms with Crippen LogP contribution in [0.25, 0.3) is 11.2 Å². The molecule has 0 radical (unpaired) electrons. The van der Waals surface area contributed by atoms with Crippen molar-refractivity contribution >= 4 is 73.6 Å². The summed E-state index contributed by atoms with van der Waals surface area (Å²) in [4.78, 5) is 69.3. The Labute approximate surface area is 559 Å². The molecule has 96 heavy (non-hydrogen) atoms. The lowest BCUT2D eigenvalue weighted by Crippen LogP contribution is -2.38. The SMILES string of the molecule is COc1ccc(C(OCC2OC(n3cnc4c(=O)[nH]c(NC(=O)C(C)C)nc43)CC2OP(=O)(OCC2OC(n3ccc(NC(=O)c4ccccc4)nc3=O)CC2OP(=O)(OCCC#N)Oc2ccc(Cl)cc2)Oc2ccc(Cl)cc2)(c2ccccc2)c2ccc(OC)cc2)cc1. The third-order valence-corrected chi connectivity index (χ3v) is 18.8. The molecule has 0 saturated carbocycles. The number of ether oxygens (including phenoxy) is 5. The van der Waals surface area contributed by atoms with E-state index in [0.29, 0.717) is 43.8 Å². The number of rotatable bonds is 28. The molecule has 30 heteroatoms. The van der Waals surface area contributed by atoms with Crippen LogP contribution < -0.4 is 40.4 Å². The van der Waals surface area contributed by atoms with E-state index in [0.717, 1.165) is 4.57 Å². The number of anilines is 2. The highest BCUT2D eigenvalue weighted by atomic mass is 35.5.